The standard InChI is InChI=1S/C8H13S/c1-4-8(2)6-5-7-9-3/h1,8H,3,5-7H2,2H3. The average Bonchev–Trinajstić information content (AvgIpc) is 1.89. The molecule has 0 aliphatic heterocycles. The molecule has 0 rings (SSSR count). The quantitative estimate of drug-likeness (QED) is 0.428. The molecule has 0 spiro atoms. The first-order chi connectivity index (χ1) is 4.31. The summed E-state index contributed by atoms with van der Waals surface area (Å²) in [5.41, 5.74) is 0. The molecule has 0 amide bonds. The van der Waals surface area contributed by atoms with E-state index in [9.17, 15) is 0 Å². The molecule has 0 saturated carbocycles. The Morgan fingerprint density at radius 2 is 2.44 bits per heavy atom. The zero-order valence-electron chi connectivity index (χ0n) is 5.89. The zero-order valence-corrected chi connectivity index (χ0v) is 6.71. The van der Waals surface area contributed by atoms with Gasteiger partial charge in [0.05, 0.1) is 0 Å². The molecule has 1 heteroatoms. The Balaban J connectivity index is 2.99. The Kier molecular flexibility index (Phi) is 5.98. The summed E-state index contributed by atoms with van der Waals surface area (Å²) in [6, 6.07) is 0. The molecular formula is C8H13S. The first-order valence-corrected chi connectivity index (χ1v) is 4.29. The summed E-state index contributed by atoms with van der Waals surface area (Å²) in [6.45, 7) is 2.08. The van der Waals surface area contributed by atoms with Crippen molar-refractivity contribution >= 4 is 11.8 Å². The predicted molar refractivity (Wildman–Crippen MR) is 45.0 cm³/mol. The van der Waals surface area contributed by atoms with E-state index in [1.807, 2.05) is 0 Å². The minimum absolute atomic E-state index is 0.442. The molecule has 9 heavy (non-hydrogen) atoms. The van der Waals surface area contributed by atoms with E-state index >= 15 is 0 Å². The van der Waals surface area contributed by atoms with E-state index in [4.69, 9.17) is 6.42 Å². The SMILES string of the molecule is C#CC(C)CCCS[CH2]. The van der Waals surface area contributed by atoms with Crippen molar-refractivity contribution in [3.8, 4) is 12.3 Å². The Hall–Kier alpha value is -0.0900. The van der Waals surface area contributed by atoms with Crippen LogP contribution in [0.5, 0.6) is 0 Å². The fraction of sp³-hybridized carbons (Fsp3) is 0.625. The molecule has 1 radical (unpaired) electrons. The maximum atomic E-state index is 5.18. The van der Waals surface area contributed by atoms with E-state index in [1.54, 1.807) is 11.8 Å². The average molecular weight is 141 g/mol. The third-order valence-electron chi connectivity index (χ3n) is 1.21. The van der Waals surface area contributed by atoms with Gasteiger partial charge in [0, 0.05) is 12.2 Å². The lowest BCUT2D eigenvalue weighted by Gasteiger charge is -2.00. The Morgan fingerprint density at radius 1 is 1.78 bits per heavy atom. The van der Waals surface area contributed by atoms with E-state index in [0.29, 0.717) is 5.92 Å². The third-order valence-corrected chi connectivity index (χ3v) is 1.79. The minimum Gasteiger partial charge on any atom is -0.161 e. The first-order valence-electron chi connectivity index (χ1n) is 3.14. The summed E-state index contributed by atoms with van der Waals surface area (Å²) in [7, 11) is 0. The van der Waals surface area contributed by atoms with Gasteiger partial charge in [-0.15, -0.1) is 12.3 Å². The normalized spacial score (nSPS) is 12.6. The van der Waals surface area contributed by atoms with Crippen molar-refractivity contribution in [1.29, 1.82) is 0 Å². The smallest absolute Gasteiger partial charge is 0.0172 e. The third kappa shape index (κ3) is 5.79. The van der Waals surface area contributed by atoms with E-state index in [1.165, 1.54) is 6.42 Å². The van der Waals surface area contributed by atoms with Crippen LogP contribution in [0, 0.1) is 24.5 Å². The van der Waals surface area contributed by atoms with Gasteiger partial charge in [-0.25, -0.2) is 0 Å². The van der Waals surface area contributed by atoms with Crippen molar-refractivity contribution in [2.24, 2.45) is 5.92 Å². The maximum Gasteiger partial charge on any atom is 0.0172 e. The summed E-state index contributed by atoms with van der Waals surface area (Å²) in [6.07, 6.45) is 11.2. The highest BCUT2D eigenvalue weighted by molar-refractivity contribution is 8.00. The van der Waals surface area contributed by atoms with Crippen LogP contribution >= 0.6 is 11.8 Å². The van der Waals surface area contributed by atoms with Crippen molar-refractivity contribution in [2.75, 3.05) is 5.75 Å². The van der Waals surface area contributed by atoms with Crippen LogP contribution < -0.4 is 0 Å². The van der Waals surface area contributed by atoms with Gasteiger partial charge in [0.15, 0.2) is 0 Å². The monoisotopic (exact) mass is 141 g/mol. The van der Waals surface area contributed by atoms with Crippen LogP contribution in [-0.2, 0) is 0 Å². The summed E-state index contributed by atoms with van der Waals surface area (Å²) >= 11 is 1.64. The van der Waals surface area contributed by atoms with Crippen LogP contribution in [-0.4, -0.2) is 5.75 Å². The molecule has 0 nitrogen and oxygen atoms in total. The largest absolute Gasteiger partial charge is 0.161 e. The molecule has 0 aliphatic rings. The van der Waals surface area contributed by atoms with E-state index < -0.39 is 0 Å². The van der Waals surface area contributed by atoms with Gasteiger partial charge in [-0.1, -0.05) is 6.92 Å². The molecule has 0 aromatic carbocycles. The van der Waals surface area contributed by atoms with Gasteiger partial charge >= 0.3 is 0 Å². The zero-order chi connectivity index (χ0) is 7.11. The summed E-state index contributed by atoms with van der Waals surface area (Å²) < 4.78 is 0. The second-order valence-electron chi connectivity index (χ2n) is 2.12. The molecule has 0 bridgehead atoms. The van der Waals surface area contributed by atoms with Crippen LogP contribution in [0.3, 0.4) is 0 Å². The van der Waals surface area contributed by atoms with Crippen molar-refractivity contribution in [2.45, 2.75) is 19.8 Å². The van der Waals surface area contributed by atoms with Gasteiger partial charge in [0.25, 0.3) is 0 Å². The number of hydrogen-bond donors (Lipinski definition) is 0. The lowest BCUT2D eigenvalue weighted by atomic mass is 10.1. The van der Waals surface area contributed by atoms with E-state index in [-0.39, 0.29) is 0 Å². The lowest BCUT2D eigenvalue weighted by molar-refractivity contribution is 0.658. The first kappa shape index (κ1) is 8.91. The second-order valence-corrected chi connectivity index (χ2v) is 2.93. The summed E-state index contributed by atoms with van der Waals surface area (Å²) in [4.78, 5) is 0. The molecule has 1 unspecified atom stereocenters. The highest BCUT2D eigenvalue weighted by atomic mass is 32.2. The van der Waals surface area contributed by atoms with Crippen molar-refractivity contribution in [3.05, 3.63) is 6.26 Å². The molecular weight excluding hydrogens is 128 g/mol. The van der Waals surface area contributed by atoms with Crippen LogP contribution in [0.25, 0.3) is 0 Å². The number of hydrogen-bond acceptors (Lipinski definition) is 1. The maximum absolute atomic E-state index is 5.18. The topological polar surface area (TPSA) is 0 Å². The molecule has 0 aliphatic carbocycles. The van der Waals surface area contributed by atoms with Gasteiger partial charge in [0.2, 0.25) is 0 Å². The van der Waals surface area contributed by atoms with E-state index in [0.717, 1.165) is 12.2 Å². The van der Waals surface area contributed by atoms with Crippen molar-refractivity contribution in [1.82, 2.24) is 0 Å². The number of terminal acetylenes is 1. The molecule has 0 saturated heterocycles. The molecule has 1 atom stereocenters. The fourth-order valence-corrected chi connectivity index (χ4v) is 0.946. The van der Waals surface area contributed by atoms with Crippen molar-refractivity contribution < 1.29 is 0 Å². The van der Waals surface area contributed by atoms with Gasteiger partial charge in [0.1, 0.15) is 0 Å². The van der Waals surface area contributed by atoms with Crippen LogP contribution in [0.1, 0.15) is 19.8 Å². The van der Waals surface area contributed by atoms with Crippen LogP contribution in [0.15, 0.2) is 0 Å². The van der Waals surface area contributed by atoms with Gasteiger partial charge < -0.3 is 0 Å². The molecule has 0 heterocycles. The lowest BCUT2D eigenvalue weighted by Crippen LogP contribution is -1.89. The fourth-order valence-electron chi connectivity index (χ4n) is 0.575. The molecule has 0 fully saturated rings. The Bertz CT molecular complexity index is 91.2. The summed E-state index contributed by atoms with van der Waals surface area (Å²) in [5, 5.41) is 0. The highest BCUT2D eigenvalue weighted by Crippen LogP contribution is 2.07. The molecule has 0 N–H and O–H groups in total. The summed E-state index contributed by atoms with van der Waals surface area (Å²) in [5.74, 6) is 4.27. The molecule has 0 aromatic heterocycles. The van der Waals surface area contributed by atoms with E-state index in [2.05, 4.69) is 19.1 Å². The number of thioether (sulfide) groups is 1. The van der Waals surface area contributed by atoms with Gasteiger partial charge in [-0.05, 0) is 18.6 Å². The molecule has 0 aromatic rings. The van der Waals surface area contributed by atoms with Gasteiger partial charge in [-0.3, -0.25) is 0 Å². The molecule has 51 valence electrons. The number of rotatable bonds is 4. The van der Waals surface area contributed by atoms with Crippen molar-refractivity contribution in [3.63, 3.8) is 0 Å². The van der Waals surface area contributed by atoms with Crippen LogP contribution in [0.4, 0.5) is 0 Å². The van der Waals surface area contributed by atoms with Gasteiger partial charge in [-0.2, -0.15) is 11.8 Å². The Labute approximate surface area is 62.4 Å². The predicted octanol–water partition coefficient (Wildman–Crippen LogP) is 2.56. The highest BCUT2D eigenvalue weighted by Gasteiger charge is 1.94. The Morgan fingerprint density at radius 3 is 2.89 bits per heavy atom. The second kappa shape index (κ2) is 6.04. The van der Waals surface area contributed by atoms with Crippen LogP contribution in [0.2, 0.25) is 0 Å². The minimum atomic E-state index is 0.442.